The van der Waals surface area contributed by atoms with E-state index in [1.54, 1.807) is 12.4 Å². The van der Waals surface area contributed by atoms with Crippen LogP contribution in [0, 0.1) is 0 Å². The molecule has 7 atom stereocenters. The number of hydrogen-bond donors (Lipinski definition) is 8. The number of anilines is 2. The second-order valence-electron chi connectivity index (χ2n) is 14.9. The van der Waals surface area contributed by atoms with Crippen LogP contribution in [0.4, 0.5) is 11.5 Å². The summed E-state index contributed by atoms with van der Waals surface area (Å²) in [7, 11) is 0. The van der Waals surface area contributed by atoms with Crippen LogP contribution in [0.3, 0.4) is 0 Å². The van der Waals surface area contributed by atoms with Gasteiger partial charge in [0.1, 0.15) is 17.5 Å². The third-order valence-electron chi connectivity index (χ3n) is 10.6. The van der Waals surface area contributed by atoms with Crippen molar-refractivity contribution in [3.8, 4) is 0 Å². The first kappa shape index (κ1) is 42.4. The van der Waals surface area contributed by atoms with Gasteiger partial charge in [0.2, 0.25) is 5.91 Å². The number of aromatic nitrogens is 2. The van der Waals surface area contributed by atoms with Crippen LogP contribution < -0.4 is 16.0 Å². The molecule has 1 aliphatic rings. The first-order valence-electron chi connectivity index (χ1n) is 19.9. The number of carbonyl (C=O) groups is 2. The zero-order chi connectivity index (χ0) is 39.8. The van der Waals surface area contributed by atoms with E-state index in [-0.39, 0.29) is 18.7 Å². The van der Waals surface area contributed by atoms with Crippen molar-refractivity contribution in [1.82, 2.24) is 15.3 Å². The summed E-state index contributed by atoms with van der Waals surface area (Å²) in [5, 5.41) is 61.3. The average molecular weight is 768 g/mol. The van der Waals surface area contributed by atoms with E-state index < -0.39 is 47.9 Å². The first-order chi connectivity index (χ1) is 27.2. The summed E-state index contributed by atoms with van der Waals surface area (Å²) in [6.45, 7) is 0.393. The molecular formula is C44H57N5O7. The Kier molecular flexibility index (Phi) is 16.3. The number of nitrogens with one attached hydrogen (secondary N) is 3. The lowest BCUT2D eigenvalue weighted by Gasteiger charge is -2.39. The quantitative estimate of drug-likeness (QED) is 0.0487. The van der Waals surface area contributed by atoms with Crippen LogP contribution in [0.15, 0.2) is 103 Å². The smallest absolute Gasteiger partial charge is 0.252 e. The molecule has 2 aromatic heterocycles. The molecule has 4 aromatic rings. The Morgan fingerprint density at radius 2 is 1.30 bits per heavy atom. The first-order valence-corrected chi connectivity index (χ1v) is 19.9. The summed E-state index contributed by atoms with van der Waals surface area (Å²) >= 11 is 0. The van der Waals surface area contributed by atoms with Crippen molar-refractivity contribution in [3.05, 3.63) is 120 Å². The molecule has 12 nitrogen and oxygen atoms in total. The van der Waals surface area contributed by atoms with Crippen LogP contribution in [0.25, 0.3) is 0 Å². The van der Waals surface area contributed by atoms with E-state index >= 15 is 0 Å². The Hall–Kier alpha value is -4.72. The van der Waals surface area contributed by atoms with Gasteiger partial charge in [-0.2, -0.15) is 0 Å². The summed E-state index contributed by atoms with van der Waals surface area (Å²) in [4.78, 5) is 35.0. The minimum Gasteiger partial charge on any atom is -0.390 e. The van der Waals surface area contributed by atoms with Gasteiger partial charge in [0, 0.05) is 49.6 Å². The highest BCUT2D eigenvalue weighted by Crippen LogP contribution is 2.44. The number of carbonyl (C=O) groups excluding carboxylic acids is 2. The van der Waals surface area contributed by atoms with Crippen molar-refractivity contribution in [2.45, 2.75) is 119 Å². The fraction of sp³-hybridized carbons (Fsp3) is 0.455. The minimum absolute atomic E-state index is 0.0697. The Morgan fingerprint density at radius 3 is 1.95 bits per heavy atom. The number of amides is 2. The molecule has 2 amide bonds. The van der Waals surface area contributed by atoms with Crippen LogP contribution in [0.1, 0.15) is 112 Å². The van der Waals surface area contributed by atoms with E-state index in [9.17, 15) is 35.1 Å². The highest BCUT2D eigenvalue weighted by molar-refractivity contribution is 5.91. The van der Waals surface area contributed by atoms with Gasteiger partial charge in [-0.15, -0.1) is 0 Å². The van der Waals surface area contributed by atoms with Crippen molar-refractivity contribution >= 4 is 23.3 Å². The zero-order valence-electron chi connectivity index (χ0n) is 31.9. The maximum Gasteiger partial charge on any atom is 0.252 e. The number of nitrogens with zero attached hydrogens (tertiary/aromatic N) is 2. The zero-order valence-corrected chi connectivity index (χ0v) is 31.9. The van der Waals surface area contributed by atoms with Gasteiger partial charge in [-0.1, -0.05) is 106 Å². The second-order valence-corrected chi connectivity index (χ2v) is 14.9. The van der Waals surface area contributed by atoms with Gasteiger partial charge in [0.05, 0.1) is 30.3 Å². The number of aliphatic hydroxyl groups excluding tert-OH is 4. The molecule has 0 bridgehead atoms. The molecule has 0 aliphatic heterocycles. The van der Waals surface area contributed by atoms with Gasteiger partial charge < -0.3 is 41.5 Å². The molecular weight excluding hydrogens is 711 g/mol. The number of aliphatic hydroxyl groups is 5. The van der Waals surface area contributed by atoms with Crippen molar-refractivity contribution in [2.24, 2.45) is 0 Å². The Morgan fingerprint density at radius 1 is 0.714 bits per heavy atom. The highest BCUT2D eigenvalue weighted by atomic mass is 16.4. The number of rotatable bonds is 21. The van der Waals surface area contributed by atoms with Crippen molar-refractivity contribution in [2.75, 3.05) is 17.2 Å². The van der Waals surface area contributed by atoms with Crippen molar-refractivity contribution in [3.63, 3.8) is 0 Å². The van der Waals surface area contributed by atoms with Crippen molar-refractivity contribution < 1.29 is 35.1 Å². The van der Waals surface area contributed by atoms with Gasteiger partial charge >= 0.3 is 0 Å². The van der Waals surface area contributed by atoms with Gasteiger partial charge in [-0.05, 0) is 54.3 Å². The molecule has 56 heavy (non-hydrogen) atoms. The lowest BCUT2D eigenvalue weighted by Crippen LogP contribution is -2.59. The number of unbranched alkanes of at least 4 members (excludes halogenated alkanes) is 8. The second kappa shape index (κ2) is 21.5. The van der Waals surface area contributed by atoms with E-state index in [1.807, 2.05) is 91.0 Å². The van der Waals surface area contributed by atoms with Crippen molar-refractivity contribution in [1.29, 1.82) is 0 Å². The molecule has 12 heteroatoms. The lowest BCUT2D eigenvalue weighted by atomic mass is 9.79. The summed E-state index contributed by atoms with van der Waals surface area (Å²) in [5.74, 6) is -0.608. The minimum atomic E-state index is -1.89. The third kappa shape index (κ3) is 12.1. The van der Waals surface area contributed by atoms with Crippen LogP contribution in [0.5, 0.6) is 0 Å². The Balaban J connectivity index is 1.07. The molecule has 1 aliphatic carbocycles. The van der Waals surface area contributed by atoms with Gasteiger partial charge in [-0.25, -0.2) is 4.98 Å². The molecule has 2 heterocycles. The van der Waals surface area contributed by atoms with Gasteiger partial charge in [0.15, 0.2) is 0 Å². The van der Waals surface area contributed by atoms with Crippen LogP contribution >= 0.6 is 0 Å². The molecule has 0 saturated heterocycles. The predicted octanol–water partition coefficient (Wildman–Crippen LogP) is 5.71. The molecule has 8 N–H and O–H groups in total. The monoisotopic (exact) mass is 767 g/mol. The van der Waals surface area contributed by atoms with Gasteiger partial charge in [-0.3, -0.25) is 14.6 Å². The fourth-order valence-corrected chi connectivity index (χ4v) is 7.48. The van der Waals surface area contributed by atoms with E-state index in [4.69, 9.17) is 0 Å². The topological polar surface area (TPSA) is 197 Å². The summed E-state index contributed by atoms with van der Waals surface area (Å²) < 4.78 is 0. The van der Waals surface area contributed by atoms with E-state index in [0.29, 0.717) is 30.2 Å². The maximum absolute atomic E-state index is 13.3. The summed E-state index contributed by atoms with van der Waals surface area (Å²) in [6.07, 6.45) is 6.88. The number of para-hydroxylation sites is 1. The normalized spacial score (nSPS) is 21.1. The number of hydrogen-bond acceptors (Lipinski definition) is 10. The number of pyridine rings is 2. The van der Waals surface area contributed by atoms with E-state index in [1.165, 1.54) is 0 Å². The molecule has 1 saturated carbocycles. The van der Waals surface area contributed by atoms with Gasteiger partial charge in [0.25, 0.3) is 5.91 Å². The molecule has 2 aromatic carbocycles. The van der Waals surface area contributed by atoms with E-state index in [0.717, 1.165) is 68.9 Å². The molecule has 0 spiro atoms. The fourth-order valence-electron chi connectivity index (χ4n) is 7.48. The van der Waals surface area contributed by atoms with Crippen LogP contribution in [-0.2, 0) is 9.59 Å². The number of benzene rings is 2. The molecule has 6 unspecified atom stereocenters. The molecule has 0 radical (unpaired) electrons. The summed E-state index contributed by atoms with van der Waals surface area (Å²) in [5.41, 5.74) is 1.03. The molecule has 1 fully saturated rings. The Labute approximate surface area is 329 Å². The molecule has 300 valence electrons. The standard InChI is InChI=1S/C44H57N5O7/c50-35-29-44(56,30-36(51)42(35)54)43(55)47-28-16-7-5-3-1-2-4-6-11-25-38(52)48-33-22-13-12-21-32(33)40(49-37-24-15-18-27-46-37)39(34-23-14-17-26-45-34)41(53)31-19-9-8-10-20-31/h8-10,12-15,17-24,26-27,35-36,39-42,50-51,53-54,56H,1-7,11,16,25,28-30H2,(H,46,49)(H,47,55)(H,48,52)/t35-,36?,39?,40?,41?,42?,44?/m1/s1. The SMILES string of the molecule is O=C(CCCCCCCCCCCNC(=O)C1(O)CC(O)C(O)[C@H](O)C1)Nc1ccccc1C(Nc1ccccn1)C(c1ccccn1)C(O)c1ccccc1. The molecule has 5 rings (SSSR count). The highest BCUT2D eigenvalue weighted by Gasteiger charge is 2.48. The maximum atomic E-state index is 13.3. The predicted molar refractivity (Wildman–Crippen MR) is 215 cm³/mol. The van der Waals surface area contributed by atoms with E-state index in [2.05, 4.69) is 25.9 Å². The average Bonchev–Trinajstić information content (AvgIpc) is 3.21. The Bertz CT molecular complexity index is 1760. The lowest BCUT2D eigenvalue weighted by molar-refractivity contribution is -0.172. The van der Waals surface area contributed by atoms with Crippen LogP contribution in [-0.4, -0.2) is 77.8 Å². The third-order valence-corrected chi connectivity index (χ3v) is 10.6. The largest absolute Gasteiger partial charge is 0.390 e. The summed E-state index contributed by atoms with van der Waals surface area (Å²) in [6, 6.07) is 28.0. The van der Waals surface area contributed by atoms with Crippen LogP contribution in [0.2, 0.25) is 0 Å².